The Bertz CT molecular complexity index is 531. The molecule has 0 spiro atoms. The van der Waals surface area contributed by atoms with E-state index in [1.54, 1.807) is 4.90 Å². The third-order valence-corrected chi connectivity index (χ3v) is 5.48. The summed E-state index contributed by atoms with van der Waals surface area (Å²) in [5.74, 6) is -0.908. The van der Waals surface area contributed by atoms with E-state index in [4.69, 9.17) is 5.11 Å². The fraction of sp³-hybridized carbons (Fsp3) is 0.333. The summed E-state index contributed by atoms with van der Waals surface area (Å²) in [5.41, 5.74) is 1.58. The molecule has 0 radical (unpaired) electrons. The summed E-state index contributed by atoms with van der Waals surface area (Å²) >= 11 is 6.45. The van der Waals surface area contributed by atoms with Crippen LogP contribution in [0.4, 0.5) is 5.69 Å². The normalized spacial score (nSPS) is 10.4. The fourth-order valence-corrected chi connectivity index (χ4v) is 6.05. The molecule has 19 heavy (non-hydrogen) atoms. The summed E-state index contributed by atoms with van der Waals surface area (Å²) < 4.78 is 2.71. The Morgan fingerprint density at radius 2 is 1.84 bits per heavy atom. The van der Waals surface area contributed by atoms with Crippen LogP contribution in [0.5, 0.6) is 0 Å². The molecule has 0 aromatic heterocycles. The number of hydrogen-bond acceptors (Lipinski definition) is 2. The van der Waals surface area contributed by atoms with Gasteiger partial charge < -0.3 is 10.0 Å². The molecule has 1 rings (SSSR count). The minimum Gasteiger partial charge on any atom is -0.481 e. The summed E-state index contributed by atoms with van der Waals surface area (Å²) in [6.07, 6.45) is -0.0318. The van der Waals surface area contributed by atoms with Crippen molar-refractivity contribution < 1.29 is 14.7 Å². The van der Waals surface area contributed by atoms with Crippen molar-refractivity contribution in [2.75, 3.05) is 11.4 Å². The van der Waals surface area contributed by atoms with Gasteiger partial charge in [0.15, 0.2) is 0 Å². The van der Waals surface area contributed by atoms with E-state index in [0.29, 0.717) is 6.54 Å². The molecule has 1 N–H and O–H groups in total. The maximum atomic E-state index is 11.7. The topological polar surface area (TPSA) is 57.6 Å². The van der Waals surface area contributed by atoms with Crippen LogP contribution in [0.3, 0.4) is 0 Å². The molecule has 4 nitrogen and oxygen atoms in total. The van der Waals surface area contributed by atoms with E-state index in [1.807, 2.05) is 13.0 Å². The molecule has 0 saturated carbocycles. The summed E-state index contributed by atoms with van der Waals surface area (Å²) in [7, 11) is 0. The molecule has 0 saturated heterocycles. The lowest BCUT2D eigenvalue weighted by Crippen LogP contribution is -2.30. The van der Waals surface area contributed by atoms with Crippen LogP contribution < -0.4 is 4.90 Å². The molecule has 104 valence electrons. The van der Waals surface area contributed by atoms with Crippen LogP contribution in [0.2, 0.25) is 0 Å². The lowest BCUT2D eigenvalue weighted by molar-refractivity contribution is -0.136. The number of carboxylic acids is 1. The van der Waals surface area contributed by atoms with Crippen molar-refractivity contribution >= 4 is 85.3 Å². The Kier molecular flexibility index (Phi) is 6.76. The van der Waals surface area contributed by atoms with Crippen molar-refractivity contribution in [3.8, 4) is 0 Å². The van der Waals surface area contributed by atoms with Gasteiger partial charge in [-0.1, -0.05) is 0 Å². The number of anilines is 1. The first-order chi connectivity index (χ1) is 8.79. The second-order valence-corrected chi connectivity index (χ2v) is 7.22. The monoisotopic (exact) mass is 599 g/mol. The number of aliphatic carboxylic acids is 1. The van der Waals surface area contributed by atoms with Gasteiger partial charge in [-0.05, 0) is 86.3 Å². The number of carbonyl (C=O) groups is 2. The summed E-state index contributed by atoms with van der Waals surface area (Å²) in [4.78, 5) is 24.3. The molecule has 0 fully saturated rings. The molecule has 0 aliphatic carbocycles. The van der Waals surface area contributed by atoms with E-state index in [0.717, 1.165) is 22.0 Å². The molecule has 0 heterocycles. The van der Waals surface area contributed by atoms with Gasteiger partial charge in [-0.15, -0.1) is 0 Å². The summed E-state index contributed by atoms with van der Waals surface area (Å²) in [6.45, 7) is 3.99. The molecule has 0 bridgehead atoms. The highest BCUT2D eigenvalue weighted by Gasteiger charge is 2.21. The number of benzene rings is 1. The Hall–Kier alpha value is 0.350. The highest BCUT2D eigenvalue weighted by atomic mass is 127. The number of carbonyl (C=O) groups excluding carboxylic acids is 1. The Morgan fingerprint density at radius 3 is 2.26 bits per heavy atom. The zero-order valence-corrected chi connectivity index (χ0v) is 16.8. The van der Waals surface area contributed by atoms with E-state index in [9.17, 15) is 9.59 Å². The van der Waals surface area contributed by atoms with Crippen molar-refractivity contribution in [1.29, 1.82) is 0 Å². The van der Waals surface area contributed by atoms with Gasteiger partial charge in [0, 0.05) is 24.2 Å². The first-order valence-electron chi connectivity index (χ1n) is 5.45. The number of amides is 1. The van der Waals surface area contributed by atoms with Crippen molar-refractivity contribution in [3.05, 3.63) is 22.3 Å². The van der Waals surface area contributed by atoms with E-state index in [-0.39, 0.29) is 12.3 Å². The number of nitrogens with zero attached hydrogens (tertiary/aromatic N) is 1. The minimum absolute atomic E-state index is 0.0318. The number of halogens is 3. The lowest BCUT2D eigenvalue weighted by atomic mass is 10.1. The van der Waals surface area contributed by atoms with Crippen LogP contribution in [0.25, 0.3) is 0 Å². The second kappa shape index (κ2) is 7.38. The Morgan fingerprint density at radius 1 is 1.26 bits per heavy atom. The van der Waals surface area contributed by atoms with Crippen LogP contribution >= 0.6 is 67.8 Å². The SMILES string of the molecule is CCN(C(C)=O)c1c(I)cc(I)c(CC(=O)O)c1I. The highest BCUT2D eigenvalue weighted by molar-refractivity contribution is 14.1. The van der Waals surface area contributed by atoms with Gasteiger partial charge in [-0.3, -0.25) is 9.59 Å². The molecule has 0 atom stereocenters. The summed E-state index contributed by atoms with van der Waals surface area (Å²) in [6, 6.07) is 1.92. The molecule has 1 aromatic carbocycles. The number of rotatable bonds is 4. The molecular weight excluding hydrogens is 587 g/mol. The van der Waals surface area contributed by atoms with Gasteiger partial charge >= 0.3 is 5.97 Å². The fourth-order valence-electron chi connectivity index (χ4n) is 1.72. The molecule has 7 heteroatoms. The average molecular weight is 599 g/mol. The van der Waals surface area contributed by atoms with Crippen molar-refractivity contribution in [3.63, 3.8) is 0 Å². The third-order valence-electron chi connectivity index (χ3n) is 2.54. The zero-order valence-electron chi connectivity index (χ0n) is 10.3. The largest absolute Gasteiger partial charge is 0.481 e. The Balaban J connectivity index is 3.47. The molecule has 1 aromatic rings. The van der Waals surface area contributed by atoms with E-state index < -0.39 is 5.97 Å². The van der Waals surface area contributed by atoms with Crippen LogP contribution in [-0.4, -0.2) is 23.5 Å². The standard InChI is InChI=1S/C12H12I3NO3/c1-3-16(6(2)17)12-9(14)5-8(13)7(11(12)15)4-10(18)19/h5H,3-4H2,1-2H3,(H,18,19). The Labute approximate surface area is 152 Å². The zero-order chi connectivity index (χ0) is 14.7. The number of hydrogen-bond donors (Lipinski definition) is 1. The van der Waals surface area contributed by atoms with Crippen LogP contribution in [0.15, 0.2) is 6.07 Å². The lowest BCUT2D eigenvalue weighted by Gasteiger charge is -2.24. The third kappa shape index (κ3) is 4.16. The second-order valence-electron chi connectivity index (χ2n) is 3.82. The van der Waals surface area contributed by atoms with Gasteiger partial charge in [0.25, 0.3) is 0 Å². The molecule has 0 aliphatic rings. The van der Waals surface area contributed by atoms with Crippen molar-refractivity contribution in [1.82, 2.24) is 0 Å². The minimum atomic E-state index is -0.867. The predicted octanol–water partition coefficient (Wildman–Crippen LogP) is 3.50. The van der Waals surface area contributed by atoms with Gasteiger partial charge in [-0.2, -0.15) is 0 Å². The first kappa shape index (κ1) is 17.4. The van der Waals surface area contributed by atoms with E-state index in [1.165, 1.54) is 6.92 Å². The average Bonchev–Trinajstić information content (AvgIpc) is 2.29. The van der Waals surface area contributed by atoms with Crippen LogP contribution in [-0.2, 0) is 16.0 Å². The van der Waals surface area contributed by atoms with Crippen molar-refractivity contribution in [2.45, 2.75) is 20.3 Å². The van der Waals surface area contributed by atoms with Crippen LogP contribution in [0.1, 0.15) is 19.4 Å². The number of carboxylic acid groups (broad SMARTS) is 1. The van der Waals surface area contributed by atoms with E-state index >= 15 is 0 Å². The molecule has 1 amide bonds. The maximum absolute atomic E-state index is 11.7. The molecule has 0 aliphatic heterocycles. The van der Waals surface area contributed by atoms with Crippen LogP contribution in [0, 0.1) is 10.7 Å². The molecular formula is C12H12I3NO3. The smallest absolute Gasteiger partial charge is 0.307 e. The van der Waals surface area contributed by atoms with Gasteiger partial charge in [0.05, 0.1) is 12.1 Å². The van der Waals surface area contributed by atoms with Gasteiger partial charge in [0.2, 0.25) is 5.91 Å². The van der Waals surface area contributed by atoms with Gasteiger partial charge in [0.1, 0.15) is 0 Å². The molecule has 0 unspecified atom stereocenters. The van der Waals surface area contributed by atoms with Crippen molar-refractivity contribution in [2.24, 2.45) is 0 Å². The quantitative estimate of drug-likeness (QED) is 0.540. The maximum Gasteiger partial charge on any atom is 0.307 e. The van der Waals surface area contributed by atoms with E-state index in [2.05, 4.69) is 67.8 Å². The highest BCUT2D eigenvalue weighted by Crippen LogP contribution is 2.34. The summed E-state index contributed by atoms with van der Waals surface area (Å²) in [5, 5.41) is 8.99. The predicted molar refractivity (Wildman–Crippen MR) is 99.6 cm³/mol. The first-order valence-corrected chi connectivity index (χ1v) is 8.69. The van der Waals surface area contributed by atoms with Gasteiger partial charge in [-0.25, -0.2) is 0 Å².